The lowest BCUT2D eigenvalue weighted by atomic mass is 9.89. The van der Waals surface area contributed by atoms with Gasteiger partial charge in [0.1, 0.15) is 0 Å². The van der Waals surface area contributed by atoms with Gasteiger partial charge in [-0.15, -0.1) is 0 Å². The number of piperidine rings is 1. The number of nitrogens with one attached hydrogen (secondary N) is 1. The second kappa shape index (κ2) is 8.98. The molecule has 1 saturated heterocycles. The largest absolute Gasteiger partial charge is 0.358 e. The molecule has 3 nitrogen and oxygen atoms in total. The van der Waals surface area contributed by atoms with E-state index in [2.05, 4.69) is 47.1 Å². The van der Waals surface area contributed by atoms with E-state index in [1.54, 1.807) is 12.1 Å². The first-order chi connectivity index (χ1) is 14.1. The zero-order chi connectivity index (χ0) is 20.2. The number of likely N-dealkylation sites (tertiary alicyclic amines) is 1. The molecule has 0 spiro atoms. The van der Waals surface area contributed by atoms with Crippen LogP contribution in [0.2, 0.25) is 5.02 Å². The Hall–Kier alpha value is -2.36. The topological polar surface area (TPSA) is 36.1 Å². The third-order valence-corrected chi connectivity index (χ3v) is 6.24. The normalized spacial score (nSPS) is 15.5. The second-order valence-corrected chi connectivity index (χ2v) is 8.37. The lowest BCUT2D eigenvalue weighted by Gasteiger charge is -2.31. The van der Waals surface area contributed by atoms with E-state index in [1.807, 2.05) is 18.2 Å². The highest BCUT2D eigenvalue weighted by Gasteiger charge is 2.25. The van der Waals surface area contributed by atoms with Crippen LogP contribution < -0.4 is 0 Å². The van der Waals surface area contributed by atoms with Crippen LogP contribution in [0.1, 0.15) is 34.5 Å². The molecule has 0 atom stereocenters. The van der Waals surface area contributed by atoms with Crippen molar-refractivity contribution in [2.75, 3.05) is 19.6 Å². The molecule has 2 aromatic carbocycles. The number of carbonyl (C=O) groups excluding carboxylic acids is 1. The minimum Gasteiger partial charge on any atom is -0.358 e. The maximum Gasteiger partial charge on any atom is 0.166 e. The van der Waals surface area contributed by atoms with Crippen molar-refractivity contribution in [3.8, 4) is 11.3 Å². The van der Waals surface area contributed by atoms with Crippen molar-refractivity contribution in [1.29, 1.82) is 0 Å². The molecule has 0 radical (unpaired) electrons. The van der Waals surface area contributed by atoms with Gasteiger partial charge in [-0.2, -0.15) is 0 Å². The Balaban J connectivity index is 1.30. The van der Waals surface area contributed by atoms with E-state index in [0.29, 0.717) is 5.02 Å². The summed E-state index contributed by atoms with van der Waals surface area (Å²) in [5, 5.41) is 0.673. The van der Waals surface area contributed by atoms with Crippen molar-refractivity contribution in [3.05, 3.63) is 82.5 Å². The average molecular weight is 407 g/mol. The highest BCUT2D eigenvalue weighted by Crippen LogP contribution is 2.25. The molecule has 1 aliphatic heterocycles. The number of benzene rings is 2. The van der Waals surface area contributed by atoms with Crippen LogP contribution in [0.4, 0.5) is 0 Å². The Morgan fingerprint density at radius 3 is 2.45 bits per heavy atom. The molecule has 0 amide bonds. The highest BCUT2D eigenvalue weighted by atomic mass is 35.5. The van der Waals surface area contributed by atoms with Crippen molar-refractivity contribution in [1.82, 2.24) is 9.88 Å². The van der Waals surface area contributed by atoms with Gasteiger partial charge in [-0.3, -0.25) is 4.79 Å². The first-order valence-corrected chi connectivity index (χ1v) is 10.7. The number of nitrogens with zero attached hydrogens (tertiary/aromatic N) is 1. The number of aryl methyl sites for hydroxylation is 1. The molecule has 0 saturated carbocycles. The molecule has 2 heterocycles. The minimum absolute atomic E-state index is 0.131. The number of aromatic nitrogens is 1. The van der Waals surface area contributed by atoms with Crippen molar-refractivity contribution >= 4 is 17.4 Å². The Morgan fingerprint density at radius 2 is 1.76 bits per heavy atom. The molecule has 3 aromatic rings. The van der Waals surface area contributed by atoms with Gasteiger partial charge < -0.3 is 9.88 Å². The number of hydrogen-bond donors (Lipinski definition) is 1. The molecule has 4 rings (SSSR count). The van der Waals surface area contributed by atoms with Crippen LogP contribution in [0.3, 0.4) is 0 Å². The van der Waals surface area contributed by atoms with Gasteiger partial charge in [-0.05, 0) is 80.7 Å². The maximum atomic E-state index is 12.7. The lowest BCUT2D eigenvalue weighted by molar-refractivity contribution is 0.0841. The van der Waals surface area contributed by atoms with Crippen molar-refractivity contribution in [3.63, 3.8) is 0 Å². The molecule has 29 heavy (non-hydrogen) atoms. The third kappa shape index (κ3) is 4.80. The Labute approximate surface area is 177 Å². The van der Waals surface area contributed by atoms with Gasteiger partial charge in [-0.1, -0.05) is 41.9 Å². The molecule has 150 valence electrons. The predicted molar refractivity (Wildman–Crippen MR) is 120 cm³/mol. The highest BCUT2D eigenvalue weighted by molar-refractivity contribution is 6.30. The molecule has 1 N–H and O–H groups in total. The molecule has 0 aliphatic carbocycles. The van der Waals surface area contributed by atoms with Crippen LogP contribution in [-0.4, -0.2) is 35.3 Å². The number of halogens is 1. The standard InChI is InChI=1S/C25H27ClN2O/c1-18-22(17-24(27-18)19-5-3-2-4-6-19)13-16-28-14-11-21(12-15-28)25(29)20-7-9-23(26)10-8-20/h2-10,17,21,27H,11-16H2,1H3. The fourth-order valence-electron chi connectivity index (χ4n) is 4.18. The molecular weight excluding hydrogens is 380 g/mol. The fourth-order valence-corrected chi connectivity index (χ4v) is 4.31. The number of hydrogen-bond acceptors (Lipinski definition) is 2. The van der Waals surface area contributed by atoms with E-state index >= 15 is 0 Å². The van der Waals surface area contributed by atoms with E-state index < -0.39 is 0 Å². The monoisotopic (exact) mass is 406 g/mol. The first-order valence-electron chi connectivity index (χ1n) is 10.4. The molecule has 0 unspecified atom stereocenters. The Bertz CT molecular complexity index is 954. The minimum atomic E-state index is 0.131. The zero-order valence-corrected chi connectivity index (χ0v) is 17.6. The molecule has 1 aromatic heterocycles. The van der Waals surface area contributed by atoms with Crippen molar-refractivity contribution in [2.24, 2.45) is 5.92 Å². The summed E-state index contributed by atoms with van der Waals surface area (Å²) in [6.07, 6.45) is 2.90. The van der Waals surface area contributed by atoms with E-state index in [4.69, 9.17) is 11.6 Å². The smallest absolute Gasteiger partial charge is 0.166 e. The van der Waals surface area contributed by atoms with Gasteiger partial charge in [0, 0.05) is 34.4 Å². The van der Waals surface area contributed by atoms with Crippen LogP contribution in [0.15, 0.2) is 60.7 Å². The number of Topliss-reactive ketones (excluding diaryl/α,β-unsaturated/α-hetero) is 1. The number of carbonyl (C=O) groups is 1. The Kier molecular flexibility index (Phi) is 6.17. The van der Waals surface area contributed by atoms with Crippen LogP contribution in [0.5, 0.6) is 0 Å². The van der Waals surface area contributed by atoms with E-state index in [-0.39, 0.29) is 11.7 Å². The summed E-state index contributed by atoms with van der Waals surface area (Å²) in [7, 11) is 0. The zero-order valence-electron chi connectivity index (χ0n) is 16.8. The van der Waals surface area contributed by atoms with Gasteiger partial charge in [0.2, 0.25) is 0 Å². The lowest BCUT2D eigenvalue weighted by Crippen LogP contribution is -2.37. The molecule has 0 bridgehead atoms. The van der Waals surface area contributed by atoms with Crippen molar-refractivity contribution in [2.45, 2.75) is 26.2 Å². The average Bonchev–Trinajstić information content (AvgIpc) is 3.14. The predicted octanol–water partition coefficient (Wildman–Crippen LogP) is 5.78. The fraction of sp³-hybridized carbons (Fsp3) is 0.320. The van der Waals surface area contributed by atoms with Gasteiger partial charge >= 0.3 is 0 Å². The number of ketones is 1. The van der Waals surface area contributed by atoms with Gasteiger partial charge in [0.15, 0.2) is 5.78 Å². The first kappa shape index (κ1) is 19.9. The van der Waals surface area contributed by atoms with E-state index in [1.165, 1.54) is 22.5 Å². The molecule has 1 aliphatic rings. The molecule has 1 fully saturated rings. The number of H-pyrrole nitrogens is 1. The van der Waals surface area contributed by atoms with Gasteiger partial charge in [0.25, 0.3) is 0 Å². The van der Waals surface area contributed by atoms with Gasteiger partial charge in [-0.25, -0.2) is 0 Å². The summed E-state index contributed by atoms with van der Waals surface area (Å²) >= 11 is 5.93. The van der Waals surface area contributed by atoms with E-state index in [9.17, 15) is 4.79 Å². The summed E-state index contributed by atoms with van der Waals surface area (Å²) in [5.74, 6) is 0.390. The molecule has 4 heteroatoms. The summed E-state index contributed by atoms with van der Waals surface area (Å²) in [6, 6.07) is 20.0. The third-order valence-electron chi connectivity index (χ3n) is 5.99. The van der Waals surface area contributed by atoms with Crippen LogP contribution in [0, 0.1) is 12.8 Å². The van der Waals surface area contributed by atoms with Crippen LogP contribution in [0.25, 0.3) is 11.3 Å². The Morgan fingerprint density at radius 1 is 1.07 bits per heavy atom. The quantitative estimate of drug-likeness (QED) is 0.526. The SMILES string of the molecule is Cc1[nH]c(-c2ccccc2)cc1CCN1CCC(C(=O)c2ccc(Cl)cc2)CC1. The van der Waals surface area contributed by atoms with Gasteiger partial charge in [0.05, 0.1) is 0 Å². The summed E-state index contributed by atoms with van der Waals surface area (Å²) in [4.78, 5) is 18.7. The number of aromatic amines is 1. The van der Waals surface area contributed by atoms with Crippen LogP contribution >= 0.6 is 11.6 Å². The summed E-state index contributed by atoms with van der Waals surface area (Å²) in [6.45, 7) is 5.16. The van der Waals surface area contributed by atoms with Crippen molar-refractivity contribution < 1.29 is 4.79 Å². The number of rotatable bonds is 6. The summed E-state index contributed by atoms with van der Waals surface area (Å²) < 4.78 is 0. The second-order valence-electron chi connectivity index (χ2n) is 7.94. The summed E-state index contributed by atoms with van der Waals surface area (Å²) in [5.41, 5.74) is 5.82. The maximum absolute atomic E-state index is 12.7. The molecular formula is C25H27ClN2O. The van der Waals surface area contributed by atoms with E-state index in [0.717, 1.165) is 44.5 Å². The van der Waals surface area contributed by atoms with Crippen LogP contribution in [-0.2, 0) is 6.42 Å².